The van der Waals surface area contributed by atoms with Gasteiger partial charge in [0.05, 0.1) is 0 Å². The minimum Gasteiger partial charge on any atom is -0.338 e. The van der Waals surface area contributed by atoms with Gasteiger partial charge in [0.2, 0.25) is 0 Å². The van der Waals surface area contributed by atoms with Gasteiger partial charge in [-0.2, -0.15) is 0 Å². The van der Waals surface area contributed by atoms with Gasteiger partial charge in [0.25, 0.3) is 0 Å². The van der Waals surface area contributed by atoms with Crippen LogP contribution in [0.1, 0.15) is 11.1 Å². The van der Waals surface area contributed by atoms with Crippen LogP contribution in [0, 0.1) is 5.82 Å². The number of hydrogen-bond donors (Lipinski definition) is 2. The lowest BCUT2D eigenvalue weighted by Crippen LogP contribution is -2.33. The molecular weight excluding hydrogens is 347 g/mol. The maximum atomic E-state index is 13.4. The van der Waals surface area contributed by atoms with E-state index < -0.39 is 0 Å². The Morgan fingerprint density at radius 3 is 2.77 bits per heavy atom. The maximum absolute atomic E-state index is 13.4. The summed E-state index contributed by atoms with van der Waals surface area (Å²) in [4.78, 5) is 11.6. The molecule has 0 fully saturated rings. The fourth-order valence-electron chi connectivity index (χ4n) is 1.89. The van der Waals surface area contributed by atoms with Crippen LogP contribution in [0.3, 0.4) is 0 Å². The van der Waals surface area contributed by atoms with Gasteiger partial charge in [0.15, 0.2) is 0 Å². The third-order valence-electron chi connectivity index (χ3n) is 2.98. The van der Waals surface area contributed by atoms with Crippen molar-refractivity contribution in [2.24, 2.45) is 0 Å². The highest BCUT2D eigenvalue weighted by molar-refractivity contribution is 9.10. The Hall–Kier alpha value is -2.14. The lowest BCUT2D eigenvalue weighted by Gasteiger charge is -2.05. The Labute approximate surface area is 137 Å². The molecule has 2 amide bonds. The smallest absolute Gasteiger partial charge is 0.318 e. The lowest BCUT2D eigenvalue weighted by molar-refractivity contribution is 0.244. The second-order valence-electron chi connectivity index (χ2n) is 4.63. The molecule has 0 aromatic heterocycles. The molecule has 0 atom stereocenters. The molecule has 2 aromatic rings. The molecule has 2 aromatic carbocycles. The highest BCUT2D eigenvalue weighted by Crippen LogP contribution is 2.12. The van der Waals surface area contributed by atoms with Gasteiger partial charge in [-0.05, 0) is 41.8 Å². The summed E-state index contributed by atoms with van der Waals surface area (Å²) < 4.78 is 14.4. The number of halogens is 2. The molecule has 0 aliphatic rings. The number of rotatable bonds is 5. The first-order chi connectivity index (χ1) is 10.6. The average molecular weight is 363 g/mol. The SMILES string of the molecule is O=C(N/C=C/c1cccc(Br)c1)NCCc1ccccc1F. The van der Waals surface area contributed by atoms with Gasteiger partial charge < -0.3 is 10.6 Å². The zero-order chi connectivity index (χ0) is 15.8. The van der Waals surface area contributed by atoms with Crippen molar-refractivity contribution in [1.82, 2.24) is 10.6 Å². The minimum absolute atomic E-state index is 0.251. The largest absolute Gasteiger partial charge is 0.338 e. The Morgan fingerprint density at radius 1 is 1.18 bits per heavy atom. The standard InChI is InChI=1S/C17H16BrFN2O/c18-15-6-3-4-13(12-15)8-10-20-17(22)21-11-9-14-5-1-2-7-16(14)19/h1-8,10,12H,9,11H2,(H2,20,21,22)/b10-8+. The highest BCUT2D eigenvalue weighted by atomic mass is 79.9. The molecular formula is C17H16BrFN2O. The van der Waals surface area contributed by atoms with Crippen LogP contribution < -0.4 is 10.6 Å². The zero-order valence-electron chi connectivity index (χ0n) is 11.9. The monoisotopic (exact) mass is 362 g/mol. The maximum Gasteiger partial charge on any atom is 0.318 e. The Morgan fingerprint density at radius 2 is 2.00 bits per heavy atom. The lowest BCUT2D eigenvalue weighted by atomic mass is 10.1. The molecule has 0 bridgehead atoms. The van der Waals surface area contributed by atoms with Gasteiger partial charge in [0.1, 0.15) is 5.82 Å². The summed E-state index contributed by atoms with van der Waals surface area (Å²) in [6.07, 6.45) is 3.82. The number of urea groups is 1. The van der Waals surface area contributed by atoms with Crippen LogP contribution in [-0.4, -0.2) is 12.6 Å². The second-order valence-corrected chi connectivity index (χ2v) is 5.55. The van der Waals surface area contributed by atoms with Crippen molar-refractivity contribution in [3.05, 3.63) is 76.1 Å². The predicted molar refractivity (Wildman–Crippen MR) is 89.8 cm³/mol. The molecule has 114 valence electrons. The predicted octanol–water partition coefficient (Wildman–Crippen LogP) is 4.10. The number of nitrogens with one attached hydrogen (secondary N) is 2. The molecule has 0 heterocycles. The van der Waals surface area contributed by atoms with Crippen LogP contribution in [0.2, 0.25) is 0 Å². The molecule has 0 radical (unpaired) electrons. The molecule has 0 unspecified atom stereocenters. The van der Waals surface area contributed by atoms with Crippen LogP contribution in [0.4, 0.5) is 9.18 Å². The van der Waals surface area contributed by atoms with Crippen LogP contribution in [-0.2, 0) is 6.42 Å². The molecule has 0 saturated carbocycles. The first-order valence-corrected chi connectivity index (χ1v) is 7.64. The molecule has 2 rings (SSSR count). The van der Waals surface area contributed by atoms with Crippen molar-refractivity contribution < 1.29 is 9.18 Å². The molecule has 0 spiro atoms. The van der Waals surface area contributed by atoms with Crippen LogP contribution >= 0.6 is 15.9 Å². The third kappa shape index (κ3) is 5.33. The van der Waals surface area contributed by atoms with E-state index in [2.05, 4.69) is 26.6 Å². The average Bonchev–Trinajstić information content (AvgIpc) is 2.49. The van der Waals surface area contributed by atoms with E-state index in [4.69, 9.17) is 0 Å². The zero-order valence-corrected chi connectivity index (χ0v) is 13.4. The topological polar surface area (TPSA) is 41.1 Å². The van der Waals surface area contributed by atoms with E-state index in [1.165, 1.54) is 6.07 Å². The molecule has 2 N–H and O–H groups in total. The summed E-state index contributed by atoms with van der Waals surface area (Å²) >= 11 is 3.38. The quantitative estimate of drug-likeness (QED) is 0.825. The first kappa shape index (κ1) is 16.2. The van der Waals surface area contributed by atoms with Crippen molar-refractivity contribution >= 4 is 28.0 Å². The summed E-state index contributed by atoms with van der Waals surface area (Å²) in [6.45, 7) is 0.373. The Bertz CT molecular complexity index is 673. The summed E-state index contributed by atoms with van der Waals surface area (Å²) in [5.41, 5.74) is 1.56. The molecule has 3 nitrogen and oxygen atoms in total. The molecule has 0 aliphatic heterocycles. The Kier molecular flexibility index (Phi) is 6.15. The van der Waals surface area contributed by atoms with Gasteiger partial charge in [-0.3, -0.25) is 0 Å². The van der Waals surface area contributed by atoms with Crippen molar-refractivity contribution in [2.45, 2.75) is 6.42 Å². The molecule has 0 saturated heterocycles. The second kappa shape index (κ2) is 8.34. The summed E-state index contributed by atoms with van der Waals surface area (Å²) in [5, 5.41) is 5.29. The van der Waals surface area contributed by atoms with Gasteiger partial charge in [-0.25, -0.2) is 9.18 Å². The first-order valence-electron chi connectivity index (χ1n) is 6.85. The van der Waals surface area contributed by atoms with Gasteiger partial charge in [-0.15, -0.1) is 0 Å². The molecule has 5 heteroatoms. The molecule has 22 heavy (non-hydrogen) atoms. The van der Waals surface area contributed by atoms with Crippen LogP contribution in [0.5, 0.6) is 0 Å². The van der Waals surface area contributed by atoms with E-state index in [1.807, 2.05) is 24.3 Å². The van der Waals surface area contributed by atoms with Crippen molar-refractivity contribution in [2.75, 3.05) is 6.54 Å². The molecule has 0 aliphatic carbocycles. The fourth-order valence-corrected chi connectivity index (χ4v) is 2.30. The van der Waals surface area contributed by atoms with Crippen molar-refractivity contribution in [1.29, 1.82) is 0 Å². The van der Waals surface area contributed by atoms with Gasteiger partial charge in [0, 0.05) is 17.2 Å². The number of carbonyl (C=O) groups excluding carboxylic acids is 1. The van der Waals surface area contributed by atoms with Crippen LogP contribution in [0.15, 0.2) is 59.2 Å². The third-order valence-corrected chi connectivity index (χ3v) is 3.47. The van der Waals surface area contributed by atoms with Crippen molar-refractivity contribution in [3.63, 3.8) is 0 Å². The number of carbonyl (C=O) groups is 1. The van der Waals surface area contributed by atoms with E-state index in [0.29, 0.717) is 18.5 Å². The highest BCUT2D eigenvalue weighted by Gasteiger charge is 2.01. The van der Waals surface area contributed by atoms with Gasteiger partial charge >= 0.3 is 6.03 Å². The summed E-state index contributed by atoms with van der Waals surface area (Å²) in [7, 11) is 0. The van der Waals surface area contributed by atoms with E-state index in [9.17, 15) is 9.18 Å². The summed E-state index contributed by atoms with van der Waals surface area (Å²) in [5.74, 6) is -0.251. The number of amides is 2. The number of benzene rings is 2. The Balaban J connectivity index is 1.73. The van der Waals surface area contributed by atoms with E-state index in [0.717, 1.165) is 10.0 Å². The number of hydrogen-bond acceptors (Lipinski definition) is 1. The normalized spacial score (nSPS) is 10.6. The van der Waals surface area contributed by atoms with E-state index >= 15 is 0 Å². The fraction of sp³-hybridized carbons (Fsp3) is 0.118. The van der Waals surface area contributed by atoms with Crippen LogP contribution in [0.25, 0.3) is 6.08 Å². The van der Waals surface area contributed by atoms with E-state index in [-0.39, 0.29) is 11.8 Å². The van der Waals surface area contributed by atoms with E-state index in [1.54, 1.807) is 30.5 Å². The van der Waals surface area contributed by atoms with Crippen molar-refractivity contribution in [3.8, 4) is 0 Å². The summed E-state index contributed by atoms with van der Waals surface area (Å²) in [6, 6.07) is 13.9. The van der Waals surface area contributed by atoms with Gasteiger partial charge in [-0.1, -0.05) is 46.3 Å². The minimum atomic E-state index is -0.317.